The molecule has 4 heteroatoms. The maximum absolute atomic E-state index is 6.03. The van der Waals surface area contributed by atoms with Gasteiger partial charge in [-0.1, -0.05) is 24.3 Å². The number of methoxy groups -OCH3 is 1. The van der Waals surface area contributed by atoms with Gasteiger partial charge >= 0.3 is 0 Å². The van der Waals surface area contributed by atoms with Gasteiger partial charge in [-0.3, -0.25) is 0 Å². The smallest absolute Gasteiger partial charge is 0.126 e. The lowest BCUT2D eigenvalue weighted by Gasteiger charge is -2.14. The molecule has 0 bridgehead atoms. The second-order valence-corrected chi connectivity index (χ2v) is 5.94. The molecule has 0 aliphatic heterocycles. The van der Waals surface area contributed by atoms with E-state index in [0.717, 1.165) is 38.5 Å². The van der Waals surface area contributed by atoms with Crippen molar-refractivity contribution in [2.45, 2.75) is 19.9 Å². The Bertz CT molecular complexity index is 526. The lowest BCUT2D eigenvalue weighted by molar-refractivity contribution is 0.199. The highest BCUT2D eigenvalue weighted by molar-refractivity contribution is 7.09. The van der Waals surface area contributed by atoms with Crippen LogP contribution in [-0.2, 0) is 17.7 Å². The van der Waals surface area contributed by atoms with Gasteiger partial charge in [-0.2, -0.15) is 0 Å². The maximum atomic E-state index is 6.03. The summed E-state index contributed by atoms with van der Waals surface area (Å²) in [5, 5.41) is 5.48. The Morgan fingerprint density at radius 2 is 2.05 bits per heavy atom. The number of hydrogen-bond acceptors (Lipinski definition) is 4. The quantitative estimate of drug-likeness (QED) is 0.720. The molecule has 114 valence electrons. The summed E-state index contributed by atoms with van der Waals surface area (Å²) in [6, 6.07) is 10.5. The van der Waals surface area contributed by atoms with E-state index in [4.69, 9.17) is 9.47 Å². The number of para-hydroxylation sites is 1. The zero-order chi connectivity index (χ0) is 14.9. The van der Waals surface area contributed by atoms with Crippen LogP contribution in [0.2, 0.25) is 0 Å². The Labute approximate surface area is 130 Å². The molecule has 0 atom stereocenters. The highest BCUT2D eigenvalue weighted by Gasteiger charge is 2.07. The summed E-state index contributed by atoms with van der Waals surface area (Å²) in [5.74, 6) is 1.01. The molecule has 0 aliphatic rings. The molecule has 1 aromatic heterocycles. The molecule has 1 aromatic carbocycles. The van der Waals surface area contributed by atoms with Gasteiger partial charge in [0, 0.05) is 37.1 Å². The summed E-state index contributed by atoms with van der Waals surface area (Å²) in [6.45, 7) is 5.19. The second-order valence-electron chi connectivity index (χ2n) is 4.91. The van der Waals surface area contributed by atoms with Crippen LogP contribution in [0.5, 0.6) is 5.75 Å². The van der Waals surface area contributed by atoms with E-state index in [2.05, 4.69) is 48.0 Å². The summed E-state index contributed by atoms with van der Waals surface area (Å²) in [4.78, 5) is 1.36. The third-order valence-electron chi connectivity index (χ3n) is 3.27. The minimum Gasteiger partial charge on any atom is -0.493 e. The van der Waals surface area contributed by atoms with Crippen LogP contribution in [0.15, 0.2) is 35.7 Å². The summed E-state index contributed by atoms with van der Waals surface area (Å²) in [6.07, 6.45) is 0.961. The van der Waals surface area contributed by atoms with Crippen molar-refractivity contribution in [2.24, 2.45) is 0 Å². The lowest BCUT2D eigenvalue weighted by atomic mass is 10.1. The van der Waals surface area contributed by atoms with Gasteiger partial charge in [0.15, 0.2) is 0 Å². The van der Waals surface area contributed by atoms with Crippen molar-refractivity contribution in [2.75, 3.05) is 26.9 Å². The molecule has 0 saturated carbocycles. The average Bonchev–Trinajstić information content (AvgIpc) is 2.99. The van der Waals surface area contributed by atoms with Crippen LogP contribution < -0.4 is 10.1 Å². The van der Waals surface area contributed by atoms with E-state index in [9.17, 15) is 0 Å². The van der Waals surface area contributed by atoms with E-state index >= 15 is 0 Å². The standard InChI is InChI=1S/C17H23NO2S/c1-14-5-3-6-15(13-18-9-11-19-2)17(14)20-10-8-16-7-4-12-21-16/h3-7,12,18H,8-11,13H2,1-2H3. The van der Waals surface area contributed by atoms with Crippen molar-refractivity contribution >= 4 is 11.3 Å². The van der Waals surface area contributed by atoms with Gasteiger partial charge < -0.3 is 14.8 Å². The van der Waals surface area contributed by atoms with E-state index in [-0.39, 0.29) is 0 Å². The molecular weight excluding hydrogens is 282 g/mol. The molecule has 1 heterocycles. The first-order valence-electron chi connectivity index (χ1n) is 7.24. The number of thiophene rings is 1. The first-order chi connectivity index (χ1) is 10.3. The molecule has 0 unspecified atom stereocenters. The molecule has 0 radical (unpaired) electrons. The molecular formula is C17H23NO2S. The average molecular weight is 305 g/mol. The minimum atomic E-state index is 0.719. The maximum Gasteiger partial charge on any atom is 0.126 e. The van der Waals surface area contributed by atoms with Crippen LogP contribution in [-0.4, -0.2) is 26.9 Å². The molecule has 0 spiro atoms. The molecule has 0 aliphatic carbocycles. The number of benzene rings is 1. The summed E-state index contributed by atoms with van der Waals surface area (Å²) < 4.78 is 11.1. The van der Waals surface area contributed by atoms with Gasteiger partial charge in [-0.05, 0) is 23.9 Å². The third kappa shape index (κ3) is 5.16. The highest BCUT2D eigenvalue weighted by atomic mass is 32.1. The van der Waals surface area contributed by atoms with Crippen molar-refractivity contribution < 1.29 is 9.47 Å². The van der Waals surface area contributed by atoms with E-state index in [0.29, 0.717) is 0 Å². The van der Waals surface area contributed by atoms with E-state index in [1.807, 2.05) is 0 Å². The Balaban J connectivity index is 1.90. The molecule has 3 nitrogen and oxygen atoms in total. The number of ether oxygens (including phenoxy) is 2. The molecule has 0 amide bonds. The van der Waals surface area contributed by atoms with Crippen LogP contribution in [0.25, 0.3) is 0 Å². The topological polar surface area (TPSA) is 30.5 Å². The minimum absolute atomic E-state index is 0.719. The molecule has 2 aromatic rings. The first-order valence-corrected chi connectivity index (χ1v) is 8.12. The van der Waals surface area contributed by atoms with Gasteiger partial charge in [-0.15, -0.1) is 11.3 Å². The number of aryl methyl sites for hydroxylation is 1. The van der Waals surface area contributed by atoms with Crippen LogP contribution in [0, 0.1) is 6.92 Å². The van der Waals surface area contributed by atoms with Crippen molar-refractivity contribution in [3.05, 3.63) is 51.7 Å². The fraction of sp³-hybridized carbons (Fsp3) is 0.412. The Morgan fingerprint density at radius 3 is 2.81 bits per heavy atom. The predicted octanol–water partition coefficient (Wildman–Crippen LogP) is 3.41. The summed E-state index contributed by atoms with van der Waals surface area (Å²) in [5.41, 5.74) is 2.39. The lowest BCUT2D eigenvalue weighted by Crippen LogP contribution is -2.19. The molecule has 2 rings (SSSR count). The largest absolute Gasteiger partial charge is 0.493 e. The van der Waals surface area contributed by atoms with E-state index in [1.165, 1.54) is 16.0 Å². The van der Waals surface area contributed by atoms with Crippen molar-refractivity contribution in [1.82, 2.24) is 5.32 Å². The monoisotopic (exact) mass is 305 g/mol. The Kier molecular flexibility index (Phi) is 6.73. The SMILES string of the molecule is COCCNCc1cccc(C)c1OCCc1cccs1. The van der Waals surface area contributed by atoms with Crippen LogP contribution in [0.4, 0.5) is 0 Å². The molecule has 1 N–H and O–H groups in total. The highest BCUT2D eigenvalue weighted by Crippen LogP contribution is 2.23. The third-order valence-corrected chi connectivity index (χ3v) is 4.20. The number of hydrogen-bond donors (Lipinski definition) is 1. The fourth-order valence-electron chi connectivity index (χ4n) is 2.16. The van der Waals surface area contributed by atoms with Crippen molar-refractivity contribution in [1.29, 1.82) is 0 Å². The van der Waals surface area contributed by atoms with Gasteiger partial charge in [0.25, 0.3) is 0 Å². The second kappa shape index (κ2) is 8.82. The fourth-order valence-corrected chi connectivity index (χ4v) is 2.86. The summed E-state index contributed by atoms with van der Waals surface area (Å²) in [7, 11) is 1.72. The first kappa shape index (κ1) is 16.0. The van der Waals surface area contributed by atoms with Crippen LogP contribution in [0.3, 0.4) is 0 Å². The van der Waals surface area contributed by atoms with E-state index in [1.54, 1.807) is 18.4 Å². The molecule has 0 fully saturated rings. The normalized spacial score (nSPS) is 10.8. The molecule has 0 saturated heterocycles. The predicted molar refractivity (Wildman–Crippen MR) is 88.3 cm³/mol. The Morgan fingerprint density at radius 1 is 1.14 bits per heavy atom. The van der Waals surface area contributed by atoms with Crippen LogP contribution in [0.1, 0.15) is 16.0 Å². The van der Waals surface area contributed by atoms with Gasteiger partial charge in [-0.25, -0.2) is 0 Å². The van der Waals surface area contributed by atoms with Crippen molar-refractivity contribution in [3.63, 3.8) is 0 Å². The number of nitrogens with one attached hydrogen (secondary N) is 1. The van der Waals surface area contributed by atoms with Gasteiger partial charge in [0.1, 0.15) is 5.75 Å². The van der Waals surface area contributed by atoms with Crippen molar-refractivity contribution in [3.8, 4) is 5.75 Å². The zero-order valence-corrected chi connectivity index (χ0v) is 13.5. The van der Waals surface area contributed by atoms with Gasteiger partial charge in [0.05, 0.1) is 13.2 Å². The number of rotatable bonds is 9. The zero-order valence-electron chi connectivity index (χ0n) is 12.7. The Hall–Kier alpha value is -1.36. The molecule has 21 heavy (non-hydrogen) atoms. The van der Waals surface area contributed by atoms with Crippen LogP contribution >= 0.6 is 11.3 Å². The van der Waals surface area contributed by atoms with E-state index < -0.39 is 0 Å². The van der Waals surface area contributed by atoms with Gasteiger partial charge in [0.2, 0.25) is 0 Å². The summed E-state index contributed by atoms with van der Waals surface area (Å²) >= 11 is 1.78.